The second-order valence-corrected chi connectivity index (χ2v) is 8.40. The Morgan fingerprint density at radius 3 is 2.48 bits per heavy atom. The largest absolute Gasteiger partial charge is 0.487 e. The summed E-state index contributed by atoms with van der Waals surface area (Å²) in [5.41, 5.74) is 8.27. The second kappa shape index (κ2) is 4.99. The Balaban J connectivity index is 1.57. The third kappa shape index (κ3) is 2.43. The molecule has 0 aromatic heterocycles. The van der Waals surface area contributed by atoms with Gasteiger partial charge in [-0.3, -0.25) is 0 Å². The number of fused-ring (bicyclic) bond motifs is 1. The normalized spacial score (nSPS) is 29.3. The Morgan fingerprint density at radius 1 is 1.05 bits per heavy atom. The Bertz CT molecular complexity index is 540. The highest BCUT2D eigenvalue weighted by molar-refractivity contribution is 9.10. The van der Waals surface area contributed by atoms with Crippen LogP contribution in [-0.2, 0) is 0 Å². The minimum absolute atomic E-state index is 0.00104. The predicted molar refractivity (Wildman–Crippen MR) is 88.4 cm³/mol. The van der Waals surface area contributed by atoms with Gasteiger partial charge in [-0.1, -0.05) is 34.8 Å². The van der Waals surface area contributed by atoms with Crippen molar-refractivity contribution in [1.82, 2.24) is 0 Å². The number of halogens is 1. The van der Waals surface area contributed by atoms with Crippen molar-refractivity contribution in [3.63, 3.8) is 0 Å². The Hall–Kier alpha value is -0.540. The van der Waals surface area contributed by atoms with E-state index in [1.54, 1.807) is 0 Å². The predicted octanol–water partition coefficient (Wildman–Crippen LogP) is 5.10. The summed E-state index contributed by atoms with van der Waals surface area (Å²) in [6.07, 6.45) is 11.8. The number of benzene rings is 1. The summed E-state index contributed by atoms with van der Waals surface area (Å²) in [4.78, 5) is 0. The van der Waals surface area contributed by atoms with Crippen molar-refractivity contribution in [2.24, 2.45) is 11.1 Å². The quantitative estimate of drug-likeness (QED) is 0.706. The summed E-state index contributed by atoms with van der Waals surface area (Å²) in [5.74, 6) is 1.01. The minimum Gasteiger partial charge on any atom is -0.487 e. The van der Waals surface area contributed by atoms with Gasteiger partial charge in [0.2, 0.25) is 0 Å². The van der Waals surface area contributed by atoms with Gasteiger partial charge >= 0.3 is 0 Å². The SMILES string of the molecule is N[C@H]1CC2(CCC3(CCCC3)CC2)Oc2cc(Br)ccc21. The lowest BCUT2D eigenvalue weighted by Crippen LogP contribution is -2.47. The number of hydrogen-bond acceptors (Lipinski definition) is 2. The summed E-state index contributed by atoms with van der Waals surface area (Å²) in [6.45, 7) is 0. The van der Waals surface area contributed by atoms with E-state index in [1.165, 1.54) is 56.9 Å². The molecule has 0 bridgehead atoms. The molecule has 4 rings (SSSR count). The van der Waals surface area contributed by atoms with Crippen LogP contribution in [0, 0.1) is 5.41 Å². The van der Waals surface area contributed by atoms with E-state index in [4.69, 9.17) is 10.5 Å². The van der Waals surface area contributed by atoms with E-state index in [0.717, 1.165) is 16.6 Å². The van der Waals surface area contributed by atoms with Gasteiger partial charge in [0.05, 0.1) is 0 Å². The van der Waals surface area contributed by atoms with E-state index in [9.17, 15) is 0 Å². The molecule has 1 aliphatic heterocycles. The minimum atomic E-state index is 0.00104. The third-order valence-electron chi connectivity index (χ3n) is 6.18. The van der Waals surface area contributed by atoms with E-state index in [2.05, 4.69) is 34.1 Å². The van der Waals surface area contributed by atoms with Crippen LogP contribution >= 0.6 is 15.9 Å². The lowest BCUT2D eigenvalue weighted by molar-refractivity contribution is -0.0327. The van der Waals surface area contributed by atoms with Crippen molar-refractivity contribution in [2.75, 3.05) is 0 Å². The molecule has 3 heteroatoms. The molecule has 1 aromatic rings. The number of ether oxygens (including phenoxy) is 1. The smallest absolute Gasteiger partial charge is 0.126 e. The van der Waals surface area contributed by atoms with Gasteiger partial charge in [-0.2, -0.15) is 0 Å². The van der Waals surface area contributed by atoms with E-state index >= 15 is 0 Å². The van der Waals surface area contributed by atoms with Crippen LogP contribution in [0.4, 0.5) is 0 Å². The van der Waals surface area contributed by atoms with Crippen molar-refractivity contribution in [2.45, 2.75) is 69.4 Å². The maximum absolute atomic E-state index is 6.50. The lowest BCUT2D eigenvalue weighted by Gasteiger charge is -2.48. The van der Waals surface area contributed by atoms with Crippen LogP contribution in [0.25, 0.3) is 0 Å². The first-order valence-corrected chi connectivity index (χ1v) is 9.13. The first-order valence-electron chi connectivity index (χ1n) is 8.34. The molecule has 0 saturated heterocycles. The molecule has 21 heavy (non-hydrogen) atoms. The summed E-state index contributed by atoms with van der Waals surface area (Å²) < 4.78 is 7.58. The third-order valence-corrected chi connectivity index (χ3v) is 6.67. The maximum atomic E-state index is 6.50. The summed E-state index contributed by atoms with van der Waals surface area (Å²) >= 11 is 3.55. The fraction of sp³-hybridized carbons (Fsp3) is 0.667. The first kappa shape index (κ1) is 14.1. The average molecular weight is 350 g/mol. The Morgan fingerprint density at radius 2 is 1.76 bits per heavy atom. The van der Waals surface area contributed by atoms with Crippen LogP contribution in [0.2, 0.25) is 0 Å². The number of hydrogen-bond donors (Lipinski definition) is 1. The first-order chi connectivity index (χ1) is 10.1. The molecule has 1 aromatic carbocycles. The van der Waals surface area contributed by atoms with E-state index < -0.39 is 0 Å². The van der Waals surface area contributed by atoms with Crippen molar-refractivity contribution < 1.29 is 4.74 Å². The van der Waals surface area contributed by atoms with Crippen LogP contribution < -0.4 is 10.5 Å². The lowest BCUT2D eigenvalue weighted by atomic mass is 9.65. The molecular weight excluding hydrogens is 326 g/mol. The van der Waals surface area contributed by atoms with E-state index in [1.807, 2.05) is 0 Å². The highest BCUT2D eigenvalue weighted by Crippen LogP contribution is 2.55. The van der Waals surface area contributed by atoms with Gasteiger partial charge in [0.25, 0.3) is 0 Å². The van der Waals surface area contributed by atoms with Crippen LogP contribution in [0.3, 0.4) is 0 Å². The maximum Gasteiger partial charge on any atom is 0.126 e. The molecule has 114 valence electrons. The molecule has 2 nitrogen and oxygen atoms in total. The molecule has 2 fully saturated rings. The molecule has 2 spiro atoms. The van der Waals surface area contributed by atoms with Gasteiger partial charge in [0.15, 0.2) is 0 Å². The highest BCUT2D eigenvalue weighted by atomic mass is 79.9. The topological polar surface area (TPSA) is 35.2 Å². The van der Waals surface area contributed by atoms with Crippen molar-refractivity contribution in [3.05, 3.63) is 28.2 Å². The number of nitrogens with two attached hydrogens (primary N) is 1. The summed E-state index contributed by atoms with van der Waals surface area (Å²) in [7, 11) is 0. The van der Waals surface area contributed by atoms with Crippen LogP contribution in [-0.4, -0.2) is 5.60 Å². The molecule has 1 heterocycles. The molecule has 0 amide bonds. The molecule has 3 aliphatic rings. The van der Waals surface area contributed by atoms with Gasteiger partial charge in [-0.25, -0.2) is 0 Å². The van der Waals surface area contributed by atoms with E-state index in [0.29, 0.717) is 5.41 Å². The zero-order valence-corrected chi connectivity index (χ0v) is 14.1. The Kier molecular flexibility index (Phi) is 3.34. The molecule has 2 saturated carbocycles. The zero-order valence-electron chi connectivity index (χ0n) is 12.5. The molecule has 0 unspecified atom stereocenters. The highest BCUT2D eigenvalue weighted by Gasteiger charge is 2.47. The van der Waals surface area contributed by atoms with Gasteiger partial charge in [0.1, 0.15) is 11.4 Å². The zero-order chi connectivity index (χ0) is 14.5. The second-order valence-electron chi connectivity index (χ2n) is 7.48. The summed E-state index contributed by atoms with van der Waals surface area (Å²) in [6, 6.07) is 6.39. The monoisotopic (exact) mass is 349 g/mol. The average Bonchev–Trinajstić information content (AvgIpc) is 2.91. The summed E-state index contributed by atoms with van der Waals surface area (Å²) in [5, 5.41) is 0. The van der Waals surface area contributed by atoms with Gasteiger partial charge in [0, 0.05) is 22.5 Å². The van der Waals surface area contributed by atoms with Gasteiger partial charge < -0.3 is 10.5 Å². The van der Waals surface area contributed by atoms with Crippen LogP contribution in [0.1, 0.15) is 69.4 Å². The standard InChI is InChI=1S/C18H24BrNO/c19-13-3-4-14-15(20)12-18(21-16(14)11-13)9-7-17(8-10-18)5-1-2-6-17/h3-4,11,15H,1-2,5-10,12,20H2/t15-/m0/s1. The molecular formula is C18H24BrNO. The Labute approximate surface area is 135 Å². The van der Waals surface area contributed by atoms with Crippen molar-refractivity contribution in [1.29, 1.82) is 0 Å². The van der Waals surface area contributed by atoms with Gasteiger partial charge in [-0.05, 0) is 56.1 Å². The molecule has 0 radical (unpaired) electrons. The van der Waals surface area contributed by atoms with Crippen LogP contribution in [0.5, 0.6) is 5.75 Å². The number of rotatable bonds is 0. The molecule has 2 N–H and O–H groups in total. The molecule has 1 atom stereocenters. The van der Waals surface area contributed by atoms with Gasteiger partial charge in [-0.15, -0.1) is 0 Å². The van der Waals surface area contributed by atoms with Crippen LogP contribution in [0.15, 0.2) is 22.7 Å². The van der Waals surface area contributed by atoms with Crippen molar-refractivity contribution in [3.8, 4) is 5.75 Å². The fourth-order valence-electron chi connectivity index (χ4n) is 4.86. The van der Waals surface area contributed by atoms with E-state index in [-0.39, 0.29) is 11.6 Å². The van der Waals surface area contributed by atoms with Crippen molar-refractivity contribution >= 4 is 15.9 Å². The molecule has 2 aliphatic carbocycles. The fourth-order valence-corrected chi connectivity index (χ4v) is 5.20.